The van der Waals surface area contributed by atoms with Crippen molar-refractivity contribution in [1.29, 1.82) is 0 Å². The molecular formula is C42H70O10. The van der Waals surface area contributed by atoms with Crippen molar-refractivity contribution in [3.05, 3.63) is 60.8 Å². The van der Waals surface area contributed by atoms with Crippen LogP contribution in [0.3, 0.4) is 0 Å². The van der Waals surface area contributed by atoms with Crippen LogP contribution in [-0.4, -0.2) is 89.0 Å². The molecule has 1 aliphatic heterocycles. The van der Waals surface area contributed by atoms with Crippen LogP contribution < -0.4 is 0 Å². The van der Waals surface area contributed by atoms with Crippen molar-refractivity contribution >= 4 is 11.9 Å². The monoisotopic (exact) mass is 734 g/mol. The van der Waals surface area contributed by atoms with Gasteiger partial charge < -0.3 is 39.4 Å². The molecule has 0 amide bonds. The Kier molecular flexibility index (Phi) is 30.1. The molecule has 1 fully saturated rings. The largest absolute Gasteiger partial charge is 0.462 e. The summed E-state index contributed by atoms with van der Waals surface area (Å²) in [7, 11) is 0. The standard InChI is InChI=1S/C42H70O10/c1-3-5-7-9-11-13-15-17-19-20-22-24-26-28-30-37(44)49-33-35(34-50-42-41(48)40(47)39(46)36(32-43)52-42)51-38(45)31-29-27-25-23-21-18-16-14-12-10-8-6-4-2/h5,7,11,13,17-19,21,25,27,35-36,39-43,46-48H,3-4,6,8-10,12,14-16,20,22-24,26,28-34H2,1-2H3/b7-5+,13-11+,19-17+,21-18+,27-25+/t35?,36-,39+,40?,41?,42-/m0/s1. The number of rotatable bonds is 31. The van der Waals surface area contributed by atoms with E-state index in [1.54, 1.807) is 0 Å². The van der Waals surface area contributed by atoms with E-state index >= 15 is 0 Å². The van der Waals surface area contributed by atoms with Gasteiger partial charge in [0, 0.05) is 12.8 Å². The highest BCUT2D eigenvalue weighted by molar-refractivity contribution is 5.70. The van der Waals surface area contributed by atoms with E-state index in [9.17, 15) is 30.0 Å². The van der Waals surface area contributed by atoms with Crippen LogP contribution in [0.1, 0.15) is 136 Å². The van der Waals surface area contributed by atoms with Crippen LogP contribution in [0.4, 0.5) is 0 Å². The number of hydrogen-bond acceptors (Lipinski definition) is 10. The second-order valence-corrected chi connectivity index (χ2v) is 13.3. The fraction of sp³-hybridized carbons (Fsp3) is 0.714. The van der Waals surface area contributed by atoms with Gasteiger partial charge in [-0.3, -0.25) is 9.59 Å². The van der Waals surface area contributed by atoms with Crippen molar-refractivity contribution in [1.82, 2.24) is 0 Å². The third-order valence-electron chi connectivity index (χ3n) is 8.65. The number of aliphatic hydroxyl groups is 4. The van der Waals surface area contributed by atoms with Crippen LogP contribution in [0.15, 0.2) is 60.8 Å². The van der Waals surface area contributed by atoms with E-state index in [-0.39, 0.29) is 26.1 Å². The third kappa shape index (κ3) is 24.6. The summed E-state index contributed by atoms with van der Waals surface area (Å²) in [5.74, 6) is -0.919. The Bertz CT molecular complexity index is 1030. The summed E-state index contributed by atoms with van der Waals surface area (Å²) in [4.78, 5) is 25.2. The first kappa shape index (κ1) is 47.4. The molecule has 52 heavy (non-hydrogen) atoms. The molecule has 3 unspecified atom stereocenters. The summed E-state index contributed by atoms with van der Waals surface area (Å²) < 4.78 is 22.0. The van der Waals surface area contributed by atoms with E-state index in [1.165, 1.54) is 38.5 Å². The molecule has 0 spiro atoms. The van der Waals surface area contributed by atoms with Gasteiger partial charge in [0.15, 0.2) is 12.4 Å². The molecule has 0 bridgehead atoms. The smallest absolute Gasteiger partial charge is 0.306 e. The van der Waals surface area contributed by atoms with E-state index in [2.05, 4.69) is 62.5 Å². The van der Waals surface area contributed by atoms with E-state index in [4.69, 9.17) is 18.9 Å². The van der Waals surface area contributed by atoms with Crippen molar-refractivity contribution in [2.24, 2.45) is 0 Å². The second-order valence-electron chi connectivity index (χ2n) is 13.3. The molecule has 6 atom stereocenters. The van der Waals surface area contributed by atoms with Gasteiger partial charge in [-0.15, -0.1) is 0 Å². The topological polar surface area (TPSA) is 152 Å². The Labute approximate surface area is 313 Å². The second kappa shape index (κ2) is 33.0. The lowest BCUT2D eigenvalue weighted by atomic mass is 9.99. The fourth-order valence-electron chi connectivity index (χ4n) is 5.49. The lowest BCUT2D eigenvalue weighted by Crippen LogP contribution is -2.59. The maximum Gasteiger partial charge on any atom is 0.306 e. The van der Waals surface area contributed by atoms with Gasteiger partial charge in [0.05, 0.1) is 13.2 Å². The molecule has 1 saturated heterocycles. The molecule has 1 rings (SSSR count). The van der Waals surface area contributed by atoms with E-state index in [1.807, 2.05) is 12.2 Å². The minimum Gasteiger partial charge on any atom is -0.462 e. The van der Waals surface area contributed by atoms with E-state index in [0.717, 1.165) is 57.8 Å². The van der Waals surface area contributed by atoms with Crippen molar-refractivity contribution in [3.8, 4) is 0 Å². The number of ether oxygens (including phenoxy) is 4. The lowest BCUT2D eigenvalue weighted by molar-refractivity contribution is -0.305. The highest BCUT2D eigenvalue weighted by atomic mass is 16.7. The predicted octanol–water partition coefficient (Wildman–Crippen LogP) is 7.49. The Balaban J connectivity index is 2.45. The Morgan fingerprint density at radius 2 is 1.17 bits per heavy atom. The van der Waals surface area contributed by atoms with Crippen LogP contribution in [0.5, 0.6) is 0 Å². The Morgan fingerprint density at radius 3 is 1.79 bits per heavy atom. The Morgan fingerprint density at radius 1 is 0.615 bits per heavy atom. The van der Waals surface area contributed by atoms with Gasteiger partial charge in [-0.05, 0) is 64.2 Å². The van der Waals surface area contributed by atoms with Crippen LogP contribution in [0, 0.1) is 0 Å². The fourth-order valence-corrected chi connectivity index (χ4v) is 5.49. The summed E-state index contributed by atoms with van der Waals surface area (Å²) >= 11 is 0. The van der Waals surface area contributed by atoms with Crippen molar-refractivity contribution < 1.29 is 49.0 Å². The van der Waals surface area contributed by atoms with Crippen molar-refractivity contribution in [3.63, 3.8) is 0 Å². The number of esters is 2. The van der Waals surface area contributed by atoms with Crippen molar-refractivity contribution in [2.75, 3.05) is 19.8 Å². The zero-order valence-corrected chi connectivity index (χ0v) is 32.0. The highest BCUT2D eigenvalue weighted by Gasteiger charge is 2.44. The summed E-state index contributed by atoms with van der Waals surface area (Å²) in [6.07, 6.45) is 31.0. The predicted molar refractivity (Wildman–Crippen MR) is 205 cm³/mol. The average molecular weight is 735 g/mol. The number of carbonyl (C=O) groups excluding carboxylic acids is 2. The molecule has 10 heteroatoms. The zero-order chi connectivity index (χ0) is 38.1. The van der Waals surface area contributed by atoms with Gasteiger partial charge in [0.2, 0.25) is 0 Å². The van der Waals surface area contributed by atoms with Crippen LogP contribution >= 0.6 is 0 Å². The first-order valence-corrected chi connectivity index (χ1v) is 19.9. The zero-order valence-electron chi connectivity index (χ0n) is 32.0. The van der Waals surface area contributed by atoms with Crippen LogP contribution in [0.25, 0.3) is 0 Å². The number of hydrogen-bond donors (Lipinski definition) is 4. The molecule has 4 N–H and O–H groups in total. The van der Waals surface area contributed by atoms with Gasteiger partial charge in [0.25, 0.3) is 0 Å². The third-order valence-corrected chi connectivity index (χ3v) is 8.65. The molecule has 298 valence electrons. The van der Waals surface area contributed by atoms with E-state index in [0.29, 0.717) is 12.8 Å². The van der Waals surface area contributed by atoms with Crippen LogP contribution in [0.2, 0.25) is 0 Å². The number of carbonyl (C=O) groups is 2. The van der Waals surface area contributed by atoms with Crippen LogP contribution in [-0.2, 0) is 28.5 Å². The molecular weight excluding hydrogens is 664 g/mol. The minimum absolute atomic E-state index is 0.116. The summed E-state index contributed by atoms with van der Waals surface area (Å²) in [5, 5.41) is 39.9. The van der Waals surface area contributed by atoms with Gasteiger partial charge in [0.1, 0.15) is 31.0 Å². The van der Waals surface area contributed by atoms with Gasteiger partial charge in [-0.1, -0.05) is 120 Å². The summed E-state index contributed by atoms with van der Waals surface area (Å²) in [6.45, 7) is 3.19. The molecule has 0 aliphatic carbocycles. The minimum atomic E-state index is -1.61. The number of aliphatic hydroxyl groups excluding tert-OH is 4. The Hall–Kier alpha value is -2.60. The normalized spacial score (nSPS) is 21.7. The molecule has 0 aromatic carbocycles. The first-order chi connectivity index (χ1) is 25.3. The molecule has 0 radical (unpaired) electrons. The summed E-state index contributed by atoms with van der Waals surface area (Å²) in [5.41, 5.74) is 0. The summed E-state index contributed by atoms with van der Waals surface area (Å²) in [6, 6.07) is 0. The quantitative estimate of drug-likeness (QED) is 0.0320. The highest BCUT2D eigenvalue weighted by Crippen LogP contribution is 2.22. The molecule has 1 aliphatic rings. The first-order valence-electron chi connectivity index (χ1n) is 19.9. The lowest BCUT2D eigenvalue weighted by Gasteiger charge is -2.39. The van der Waals surface area contributed by atoms with Gasteiger partial charge >= 0.3 is 11.9 Å². The van der Waals surface area contributed by atoms with Crippen molar-refractivity contribution in [2.45, 2.75) is 173 Å². The maximum absolute atomic E-state index is 12.7. The SMILES string of the molecule is CC/C=C/C/C=C/C/C=C/CCCCCCC(=O)OCC(CO[C@H]1O[C@@H](CO)[C@@H](O)C(O)C1O)OC(=O)CC/C=C/C/C=C/CCCCCCCC. The molecule has 1 heterocycles. The molecule has 0 aromatic rings. The van der Waals surface area contributed by atoms with Gasteiger partial charge in [-0.25, -0.2) is 0 Å². The number of allylic oxidation sites excluding steroid dienone is 10. The average Bonchev–Trinajstić information content (AvgIpc) is 3.14. The van der Waals surface area contributed by atoms with Gasteiger partial charge in [-0.2, -0.15) is 0 Å². The maximum atomic E-state index is 12.7. The molecule has 0 aromatic heterocycles. The molecule has 0 saturated carbocycles. The number of unbranched alkanes of at least 4 members (excludes halogenated alkanes) is 10. The van der Waals surface area contributed by atoms with E-state index < -0.39 is 55.4 Å². The molecule has 10 nitrogen and oxygen atoms in total.